The number of carbonyl (C=O) groups excluding carboxylic acids is 1. The summed E-state index contributed by atoms with van der Waals surface area (Å²) in [5.41, 5.74) is 0.142. The zero-order chi connectivity index (χ0) is 15.4. The van der Waals surface area contributed by atoms with Crippen LogP contribution in [0.2, 0.25) is 5.02 Å². The molecule has 7 heteroatoms. The molecule has 0 spiro atoms. The van der Waals surface area contributed by atoms with Crippen LogP contribution in [-0.4, -0.2) is 12.5 Å². The van der Waals surface area contributed by atoms with E-state index in [1.54, 1.807) is 0 Å². The monoisotopic (exact) mass is 315 g/mol. The molecule has 0 aliphatic rings. The van der Waals surface area contributed by atoms with E-state index < -0.39 is 18.3 Å². The highest BCUT2D eigenvalue weighted by Gasteiger charge is 2.12. The van der Waals surface area contributed by atoms with Gasteiger partial charge in [0.05, 0.1) is 5.56 Å². The second-order valence-electron chi connectivity index (χ2n) is 3.98. The van der Waals surface area contributed by atoms with Crippen molar-refractivity contribution in [3.8, 4) is 5.75 Å². The Morgan fingerprint density at radius 2 is 1.81 bits per heavy atom. The van der Waals surface area contributed by atoms with Gasteiger partial charge in [0.15, 0.2) is 0 Å². The molecule has 0 fully saturated rings. The number of hydrogen-bond acceptors (Lipinski definition) is 2. The second kappa shape index (κ2) is 6.49. The molecule has 0 heterocycles. The number of carbonyl (C=O) groups is 1. The van der Waals surface area contributed by atoms with Crippen molar-refractivity contribution in [1.29, 1.82) is 0 Å². The van der Waals surface area contributed by atoms with Gasteiger partial charge in [-0.25, -0.2) is 4.39 Å². The van der Waals surface area contributed by atoms with Crippen LogP contribution in [-0.2, 0) is 0 Å². The maximum atomic E-state index is 13.6. The minimum atomic E-state index is -2.92. The predicted molar refractivity (Wildman–Crippen MR) is 72.4 cm³/mol. The molecule has 1 N–H and O–H groups in total. The van der Waals surface area contributed by atoms with Gasteiger partial charge in [-0.1, -0.05) is 11.6 Å². The lowest BCUT2D eigenvalue weighted by Gasteiger charge is -2.08. The molecule has 0 unspecified atom stereocenters. The topological polar surface area (TPSA) is 38.3 Å². The first-order valence-electron chi connectivity index (χ1n) is 5.77. The number of nitrogens with one attached hydrogen (secondary N) is 1. The molecule has 2 aromatic rings. The van der Waals surface area contributed by atoms with Crippen molar-refractivity contribution in [3.63, 3.8) is 0 Å². The molecule has 0 aromatic heterocycles. The summed E-state index contributed by atoms with van der Waals surface area (Å²) in [5, 5.41) is 2.61. The smallest absolute Gasteiger partial charge is 0.387 e. The van der Waals surface area contributed by atoms with Crippen LogP contribution in [0.15, 0.2) is 42.5 Å². The molecule has 0 saturated heterocycles. The van der Waals surface area contributed by atoms with Crippen LogP contribution in [0.3, 0.4) is 0 Å². The van der Waals surface area contributed by atoms with E-state index in [1.807, 2.05) is 0 Å². The molecule has 0 aliphatic heterocycles. The lowest BCUT2D eigenvalue weighted by Crippen LogP contribution is -2.13. The third kappa shape index (κ3) is 4.13. The van der Waals surface area contributed by atoms with Crippen LogP contribution >= 0.6 is 11.6 Å². The molecule has 2 aromatic carbocycles. The standard InChI is InChI=1S/C14H9ClF3NO2/c15-8-1-6-11(12(16)7-8)13(20)19-9-2-4-10(5-3-9)21-14(17)18/h1-7,14H,(H,19,20). The van der Waals surface area contributed by atoms with E-state index in [4.69, 9.17) is 11.6 Å². The van der Waals surface area contributed by atoms with Crippen LogP contribution in [0.1, 0.15) is 10.4 Å². The van der Waals surface area contributed by atoms with Crippen LogP contribution in [0.25, 0.3) is 0 Å². The normalized spacial score (nSPS) is 10.5. The molecule has 0 atom stereocenters. The number of benzene rings is 2. The Hall–Kier alpha value is -2.21. The summed E-state index contributed by atoms with van der Waals surface area (Å²) in [5.74, 6) is -1.47. The van der Waals surface area contributed by atoms with Gasteiger partial charge in [0.1, 0.15) is 11.6 Å². The number of anilines is 1. The number of ether oxygens (including phenoxy) is 1. The number of halogens is 4. The van der Waals surface area contributed by atoms with Crippen molar-refractivity contribution in [2.45, 2.75) is 6.61 Å². The van der Waals surface area contributed by atoms with Gasteiger partial charge in [-0.15, -0.1) is 0 Å². The van der Waals surface area contributed by atoms with Gasteiger partial charge in [-0.2, -0.15) is 8.78 Å². The van der Waals surface area contributed by atoms with E-state index in [0.29, 0.717) is 5.69 Å². The van der Waals surface area contributed by atoms with Crippen LogP contribution in [0.5, 0.6) is 5.75 Å². The van der Waals surface area contributed by atoms with E-state index in [1.165, 1.54) is 36.4 Å². The Bertz CT molecular complexity index is 647. The van der Waals surface area contributed by atoms with E-state index >= 15 is 0 Å². The molecular weight excluding hydrogens is 307 g/mol. The first kappa shape index (κ1) is 15.2. The Morgan fingerprint density at radius 3 is 2.38 bits per heavy atom. The lowest BCUT2D eigenvalue weighted by molar-refractivity contribution is -0.0498. The fourth-order valence-corrected chi connectivity index (χ4v) is 1.75. The minimum absolute atomic E-state index is 0.0410. The van der Waals surface area contributed by atoms with Crippen LogP contribution in [0, 0.1) is 5.82 Å². The number of hydrogen-bond donors (Lipinski definition) is 1. The summed E-state index contributed by atoms with van der Waals surface area (Å²) < 4.78 is 41.7. The Balaban J connectivity index is 2.08. The van der Waals surface area contributed by atoms with Crippen molar-refractivity contribution in [1.82, 2.24) is 0 Å². The maximum absolute atomic E-state index is 13.6. The summed E-state index contributed by atoms with van der Waals surface area (Å²) in [6.45, 7) is -2.92. The average Bonchev–Trinajstić information content (AvgIpc) is 2.40. The van der Waals surface area contributed by atoms with Gasteiger partial charge >= 0.3 is 6.61 Å². The number of amides is 1. The van der Waals surface area contributed by atoms with E-state index in [-0.39, 0.29) is 16.3 Å². The molecule has 0 radical (unpaired) electrons. The molecule has 1 amide bonds. The molecule has 21 heavy (non-hydrogen) atoms. The van der Waals surface area contributed by atoms with Crippen molar-refractivity contribution >= 4 is 23.2 Å². The van der Waals surface area contributed by atoms with Gasteiger partial charge in [0.2, 0.25) is 0 Å². The largest absolute Gasteiger partial charge is 0.435 e. The van der Waals surface area contributed by atoms with E-state index in [2.05, 4.69) is 10.1 Å². The highest BCUT2D eigenvalue weighted by atomic mass is 35.5. The maximum Gasteiger partial charge on any atom is 0.387 e. The quantitative estimate of drug-likeness (QED) is 0.912. The number of rotatable bonds is 4. The molecule has 110 valence electrons. The Morgan fingerprint density at radius 1 is 1.14 bits per heavy atom. The molecule has 2 rings (SSSR count). The summed E-state index contributed by atoms with van der Waals surface area (Å²) in [7, 11) is 0. The molecule has 3 nitrogen and oxygen atoms in total. The summed E-state index contributed by atoms with van der Waals surface area (Å²) >= 11 is 5.59. The first-order chi connectivity index (χ1) is 9.95. The minimum Gasteiger partial charge on any atom is -0.435 e. The van der Waals surface area contributed by atoms with Crippen molar-refractivity contribution in [2.24, 2.45) is 0 Å². The Labute approximate surface area is 123 Å². The SMILES string of the molecule is O=C(Nc1ccc(OC(F)F)cc1)c1ccc(Cl)cc1F. The fourth-order valence-electron chi connectivity index (χ4n) is 1.59. The predicted octanol–water partition coefficient (Wildman–Crippen LogP) is 4.33. The van der Waals surface area contributed by atoms with E-state index in [0.717, 1.165) is 6.07 Å². The van der Waals surface area contributed by atoms with Gasteiger partial charge in [-0.05, 0) is 42.5 Å². The molecular formula is C14H9ClF3NO2. The van der Waals surface area contributed by atoms with Gasteiger partial charge in [-0.3, -0.25) is 4.79 Å². The Kier molecular flexibility index (Phi) is 4.70. The van der Waals surface area contributed by atoms with Crippen LogP contribution in [0.4, 0.5) is 18.9 Å². The second-order valence-corrected chi connectivity index (χ2v) is 4.42. The van der Waals surface area contributed by atoms with E-state index in [9.17, 15) is 18.0 Å². The zero-order valence-electron chi connectivity index (χ0n) is 10.4. The van der Waals surface area contributed by atoms with Gasteiger partial charge < -0.3 is 10.1 Å². The van der Waals surface area contributed by atoms with Gasteiger partial charge in [0.25, 0.3) is 5.91 Å². The summed E-state index contributed by atoms with van der Waals surface area (Å²) in [6.07, 6.45) is 0. The average molecular weight is 316 g/mol. The fraction of sp³-hybridized carbons (Fsp3) is 0.0714. The highest BCUT2D eigenvalue weighted by molar-refractivity contribution is 6.30. The van der Waals surface area contributed by atoms with Crippen LogP contribution < -0.4 is 10.1 Å². The summed E-state index contributed by atoms with van der Waals surface area (Å²) in [6, 6.07) is 8.92. The van der Waals surface area contributed by atoms with Crippen molar-refractivity contribution < 1.29 is 22.7 Å². The lowest BCUT2D eigenvalue weighted by atomic mass is 10.2. The van der Waals surface area contributed by atoms with Crippen molar-refractivity contribution in [2.75, 3.05) is 5.32 Å². The molecule has 0 aliphatic carbocycles. The number of alkyl halides is 2. The van der Waals surface area contributed by atoms with Crippen molar-refractivity contribution in [3.05, 3.63) is 58.9 Å². The third-order valence-corrected chi connectivity index (χ3v) is 2.75. The first-order valence-corrected chi connectivity index (χ1v) is 6.15. The summed E-state index contributed by atoms with van der Waals surface area (Å²) in [4.78, 5) is 11.9. The van der Waals surface area contributed by atoms with Gasteiger partial charge in [0, 0.05) is 10.7 Å². The zero-order valence-corrected chi connectivity index (χ0v) is 11.2. The third-order valence-electron chi connectivity index (χ3n) is 2.51. The highest BCUT2D eigenvalue weighted by Crippen LogP contribution is 2.20. The molecule has 0 bridgehead atoms. The molecule has 0 saturated carbocycles.